The molecule has 2 N–H and O–H groups in total. The van der Waals surface area contributed by atoms with E-state index in [-0.39, 0.29) is 11.9 Å². The number of nitrogens with one attached hydrogen (secondary N) is 2. The number of carbonyl (C=O) groups excluding carboxylic acids is 1. The van der Waals surface area contributed by atoms with Gasteiger partial charge in [-0.15, -0.1) is 0 Å². The fourth-order valence-corrected chi connectivity index (χ4v) is 0.899. The van der Waals surface area contributed by atoms with Gasteiger partial charge in [-0.25, -0.2) is 0 Å². The quantitative estimate of drug-likeness (QED) is 0.511. The van der Waals surface area contributed by atoms with E-state index in [9.17, 15) is 4.79 Å². The molecule has 0 aromatic heterocycles. The predicted molar refractivity (Wildman–Crippen MR) is 41.7 cm³/mol. The molecular formula is C5H9N3OS. The van der Waals surface area contributed by atoms with E-state index in [1.807, 2.05) is 6.26 Å². The highest BCUT2D eigenvalue weighted by atomic mass is 32.2. The van der Waals surface area contributed by atoms with Gasteiger partial charge in [0.1, 0.15) is 6.04 Å². The van der Waals surface area contributed by atoms with Crippen LogP contribution in [0.1, 0.15) is 6.92 Å². The molecule has 1 aliphatic heterocycles. The maximum absolute atomic E-state index is 10.9. The van der Waals surface area contributed by atoms with Crippen LogP contribution in [-0.2, 0) is 4.79 Å². The lowest BCUT2D eigenvalue weighted by Gasteiger charge is -2.17. The molecule has 0 saturated carbocycles. The molecule has 1 amide bonds. The second-order valence-corrected chi connectivity index (χ2v) is 2.76. The van der Waals surface area contributed by atoms with Crippen LogP contribution < -0.4 is 10.7 Å². The number of hydrogen-bond acceptors (Lipinski definition) is 4. The molecule has 5 heteroatoms. The van der Waals surface area contributed by atoms with E-state index >= 15 is 0 Å². The Bertz CT molecular complexity index is 180. The van der Waals surface area contributed by atoms with Crippen molar-refractivity contribution < 1.29 is 4.79 Å². The Labute approximate surface area is 63.4 Å². The standard InChI is InChI=1S/C5H9N3OS/c1-3-4(9)6-5(10-2)8-7-3/h3,7H,1-2H3,(H,6,8,9). The predicted octanol–water partition coefficient (Wildman–Crippen LogP) is -0.272. The summed E-state index contributed by atoms with van der Waals surface area (Å²) in [6.45, 7) is 1.76. The number of amidine groups is 1. The number of hydrogen-bond donors (Lipinski definition) is 2. The van der Waals surface area contributed by atoms with Crippen LogP contribution in [0.3, 0.4) is 0 Å². The van der Waals surface area contributed by atoms with Crippen LogP contribution in [0, 0.1) is 0 Å². The monoisotopic (exact) mass is 159 g/mol. The Hall–Kier alpha value is -0.710. The highest BCUT2D eigenvalue weighted by molar-refractivity contribution is 8.13. The summed E-state index contributed by atoms with van der Waals surface area (Å²) in [5.41, 5.74) is 2.69. The minimum atomic E-state index is -0.212. The summed E-state index contributed by atoms with van der Waals surface area (Å²) in [5.74, 6) is -0.0284. The molecule has 0 radical (unpaired) electrons. The van der Waals surface area contributed by atoms with Crippen molar-refractivity contribution in [1.29, 1.82) is 0 Å². The zero-order valence-corrected chi connectivity index (χ0v) is 6.66. The minimum absolute atomic E-state index is 0.0284. The van der Waals surface area contributed by atoms with Crippen LogP contribution in [0.25, 0.3) is 0 Å². The molecule has 0 fully saturated rings. The molecule has 0 aliphatic carbocycles. The van der Waals surface area contributed by atoms with Gasteiger partial charge in [0.15, 0.2) is 5.17 Å². The lowest BCUT2D eigenvalue weighted by molar-refractivity contribution is -0.121. The average Bonchev–Trinajstić information content (AvgIpc) is 1.95. The first-order chi connectivity index (χ1) is 4.74. The second-order valence-electron chi connectivity index (χ2n) is 1.96. The third-order valence-corrected chi connectivity index (χ3v) is 1.76. The summed E-state index contributed by atoms with van der Waals surface area (Å²) in [7, 11) is 0. The molecule has 1 unspecified atom stereocenters. The van der Waals surface area contributed by atoms with Crippen molar-refractivity contribution in [2.24, 2.45) is 5.10 Å². The van der Waals surface area contributed by atoms with Gasteiger partial charge in [0.05, 0.1) is 0 Å². The highest BCUT2D eigenvalue weighted by Gasteiger charge is 2.17. The molecule has 0 bridgehead atoms. The summed E-state index contributed by atoms with van der Waals surface area (Å²) < 4.78 is 0. The van der Waals surface area contributed by atoms with Crippen molar-refractivity contribution >= 4 is 22.8 Å². The molecule has 10 heavy (non-hydrogen) atoms. The fraction of sp³-hybridized carbons (Fsp3) is 0.600. The zero-order chi connectivity index (χ0) is 7.56. The van der Waals surface area contributed by atoms with Crippen molar-refractivity contribution in [2.75, 3.05) is 6.26 Å². The summed E-state index contributed by atoms with van der Waals surface area (Å²) in [6.07, 6.45) is 1.86. The van der Waals surface area contributed by atoms with Crippen molar-refractivity contribution in [1.82, 2.24) is 10.7 Å². The van der Waals surface area contributed by atoms with Gasteiger partial charge >= 0.3 is 0 Å². The Balaban J connectivity index is 2.61. The van der Waals surface area contributed by atoms with Crippen molar-refractivity contribution in [3.05, 3.63) is 0 Å². The van der Waals surface area contributed by atoms with Crippen LogP contribution in [0.4, 0.5) is 0 Å². The van der Waals surface area contributed by atoms with Crippen molar-refractivity contribution in [2.45, 2.75) is 13.0 Å². The normalized spacial score (nSPS) is 24.8. The summed E-state index contributed by atoms with van der Waals surface area (Å²) in [4.78, 5) is 10.9. The maximum Gasteiger partial charge on any atom is 0.249 e. The van der Waals surface area contributed by atoms with E-state index < -0.39 is 0 Å². The summed E-state index contributed by atoms with van der Waals surface area (Å²) >= 11 is 1.41. The Morgan fingerprint density at radius 2 is 2.40 bits per heavy atom. The molecule has 0 aromatic carbocycles. The van der Waals surface area contributed by atoms with Crippen LogP contribution in [0.2, 0.25) is 0 Å². The largest absolute Gasteiger partial charge is 0.302 e. The first-order valence-corrected chi connectivity index (χ1v) is 4.14. The van der Waals surface area contributed by atoms with Gasteiger partial charge in [0.25, 0.3) is 0 Å². The lowest BCUT2D eigenvalue weighted by Crippen LogP contribution is -2.47. The smallest absolute Gasteiger partial charge is 0.249 e. The molecule has 1 aliphatic rings. The molecule has 0 saturated heterocycles. The van der Waals surface area contributed by atoms with Gasteiger partial charge in [0, 0.05) is 0 Å². The fourth-order valence-electron chi connectivity index (χ4n) is 0.552. The molecular weight excluding hydrogens is 150 g/mol. The van der Waals surface area contributed by atoms with Crippen LogP contribution >= 0.6 is 11.8 Å². The molecule has 4 nitrogen and oxygen atoms in total. The van der Waals surface area contributed by atoms with Crippen LogP contribution in [0.15, 0.2) is 5.10 Å². The van der Waals surface area contributed by atoms with E-state index in [4.69, 9.17) is 0 Å². The third kappa shape index (κ3) is 1.41. The Morgan fingerprint density at radius 3 is 2.90 bits per heavy atom. The topological polar surface area (TPSA) is 53.5 Å². The molecule has 0 aromatic rings. The van der Waals surface area contributed by atoms with Crippen LogP contribution in [0.5, 0.6) is 0 Å². The molecule has 56 valence electrons. The molecule has 0 spiro atoms. The van der Waals surface area contributed by atoms with E-state index in [0.717, 1.165) is 0 Å². The summed E-state index contributed by atoms with van der Waals surface area (Å²) in [6, 6.07) is -0.212. The maximum atomic E-state index is 10.9. The third-order valence-electron chi connectivity index (χ3n) is 1.18. The van der Waals surface area contributed by atoms with E-state index in [1.54, 1.807) is 6.92 Å². The highest BCUT2D eigenvalue weighted by Crippen LogP contribution is 1.98. The summed E-state index contributed by atoms with van der Waals surface area (Å²) in [5, 5.41) is 7.13. The molecule has 1 atom stereocenters. The van der Waals surface area contributed by atoms with E-state index in [2.05, 4.69) is 15.8 Å². The first-order valence-electron chi connectivity index (χ1n) is 2.92. The van der Waals surface area contributed by atoms with Gasteiger partial charge in [-0.3, -0.25) is 10.2 Å². The number of amides is 1. The van der Waals surface area contributed by atoms with Gasteiger partial charge in [-0.05, 0) is 13.2 Å². The Kier molecular flexibility index (Phi) is 2.16. The van der Waals surface area contributed by atoms with Crippen LogP contribution in [-0.4, -0.2) is 23.4 Å². The lowest BCUT2D eigenvalue weighted by atomic mass is 10.3. The number of nitrogens with zero attached hydrogens (tertiary/aromatic N) is 1. The van der Waals surface area contributed by atoms with E-state index in [0.29, 0.717) is 5.17 Å². The zero-order valence-electron chi connectivity index (χ0n) is 5.84. The number of hydrazone groups is 1. The van der Waals surface area contributed by atoms with Crippen molar-refractivity contribution in [3.8, 4) is 0 Å². The first kappa shape index (κ1) is 7.40. The number of carbonyl (C=O) groups is 1. The molecule has 1 heterocycles. The van der Waals surface area contributed by atoms with Gasteiger partial charge in [-0.1, -0.05) is 11.8 Å². The van der Waals surface area contributed by atoms with Gasteiger partial charge in [-0.2, -0.15) is 5.10 Å². The van der Waals surface area contributed by atoms with Gasteiger partial charge < -0.3 is 5.32 Å². The Morgan fingerprint density at radius 1 is 1.70 bits per heavy atom. The van der Waals surface area contributed by atoms with Gasteiger partial charge in [0.2, 0.25) is 5.91 Å². The van der Waals surface area contributed by atoms with Crippen molar-refractivity contribution in [3.63, 3.8) is 0 Å². The second kappa shape index (κ2) is 2.92. The SMILES string of the molecule is CSC1=NNC(C)C(=O)N1. The average molecular weight is 159 g/mol. The molecule has 1 rings (SSSR count). The number of rotatable bonds is 0. The minimum Gasteiger partial charge on any atom is -0.302 e. The number of thioether (sulfide) groups is 1. The van der Waals surface area contributed by atoms with E-state index in [1.165, 1.54) is 11.8 Å².